The minimum absolute atomic E-state index is 0.189. The minimum Gasteiger partial charge on any atom is -0.383 e. The summed E-state index contributed by atoms with van der Waals surface area (Å²) in [5, 5.41) is 10.8. The summed E-state index contributed by atoms with van der Waals surface area (Å²) in [5.74, 6) is 0.153. The minimum atomic E-state index is -0.251. The van der Waals surface area contributed by atoms with Crippen molar-refractivity contribution in [3.63, 3.8) is 0 Å². The molecule has 0 bridgehead atoms. The van der Waals surface area contributed by atoms with Gasteiger partial charge in [0, 0.05) is 26.3 Å². The van der Waals surface area contributed by atoms with Gasteiger partial charge in [-0.3, -0.25) is 14.3 Å². The Morgan fingerprint density at radius 2 is 2.17 bits per heavy atom. The molecule has 2 aromatic rings. The highest BCUT2D eigenvalue weighted by Crippen LogP contribution is 2.16. The third-order valence-corrected chi connectivity index (χ3v) is 3.76. The quantitative estimate of drug-likeness (QED) is 0.785. The van der Waals surface area contributed by atoms with Crippen molar-refractivity contribution >= 4 is 11.8 Å². The molecule has 1 aliphatic rings. The summed E-state index contributed by atoms with van der Waals surface area (Å²) < 4.78 is 11.6. The fourth-order valence-corrected chi connectivity index (χ4v) is 2.54. The lowest BCUT2D eigenvalue weighted by molar-refractivity contribution is 0.0694. The number of nitrogens with zero attached hydrogens (tertiary/aromatic N) is 4. The zero-order chi connectivity index (χ0) is 17.1. The number of fused-ring (bicyclic) bond motifs is 1. The van der Waals surface area contributed by atoms with Gasteiger partial charge in [0.2, 0.25) is 0 Å². The van der Waals surface area contributed by atoms with Crippen LogP contribution in [0, 0.1) is 6.92 Å². The molecule has 3 rings (SSSR count). The molecule has 0 aromatic carbocycles. The van der Waals surface area contributed by atoms with E-state index in [-0.39, 0.29) is 17.5 Å². The van der Waals surface area contributed by atoms with Gasteiger partial charge in [0.15, 0.2) is 11.4 Å². The first-order valence-electron chi connectivity index (χ1n) is 7.65. The van der Waals surface area contributed by atoms with E-state index in [0.29, 0.717) is 44.2 Å². The van der Waals surface area contributed by atoms with Crippen LogP contribution in [0.25, 0.3) is 0 Å². The Morgan fingerprint density at radius 1 is 1.33 bits per heavy atom. The van der Waals surface area contributed by atoms with E-state index in [0.717, 1.165) is 5.69 Å². The predicted octanol–water partition coefficient (Wildman–Crippen LogP) is 0.212. The molecule has 1 N–H and O–H groups in total. The van der Waals surface area contributed by atoms with Gasteiger partial charge in [-0.1, -0.05) is 5.16 Å². The van der Waals surface area contributed by atoms with Gasteiger partial charge in [-0.05, 0) is 13.0 Å². The summed E-state index contributed by atoms with van der Waals surface area (Å²) in [4.78, 5) is 26.1. The number of ether oxygens (including phenoxy) is 1. The van der Waals surface area contributed by atoms with Crippen molar-refractivity contribution in [3.05, 3.63) is 35.0 Å². The molecule has 24 heavy (non-hydrogen) atoms. The summed E-state index contributed by atoms with van der Waals surface area (Å²) in [6.07, 6.45) is 0. The molecule has 0 fully saturated rings. The van der Waals surface area contributed by atoms with Gasteiger partial charge in [-0.25, -0.2) is 0 Å². The van der Waals surface area contributed by atoms with Crippen molar-refractivity contribution in [1.29, 1.82) is 0 Å². The van der Waals surface area contributed by atoms with Crippen molar-refractivity contribution in [3.8, 4) is 0 Å². The van der Waals surface area contributed by atoms with Crippen LogP contribution in [0.2, 0.25) is 0 Å². The molecule has 9 heteroatoms. The highest BCUT2D eigenvalue weighted by Gasteiger charge is 2.26. The number of nitrogens with one attached hydrogen (secondary N) is 1. The third kappa shape index (κ3) is 3.30. The van der Waals surface area contributed by atoms with Crippen LogP contribution in [0.4, 0.5) is 0 Å². The van der Waals surface area contributed by atoms with Crippen LogP contribution in [0.1, 0.15) is 32.4 Å². The third-order valence-electron chi connectivity index (χ3n) is 3.76. The molecular formula is C15H19N5O4. The standard InChI is InChI=1S/C15H19N5O4/c1-10-7-13(18-24-10)15(22)19-4-5-20-11(9-19)8-12(17-20)14(21)16-3-6-23-2/h7-8H,3-6,9H2,1-2H3,(H,16,21). The molecule has 0 saturated carbocycles. The second-order valence-corrected chi connectivity index (χ2v) is 5.54. The van der Waals surface area contributed by atoms with E-state index >= 15 is 0 Å². The number of hydrogen-bond acceptors (Lipinski definition) is 6. The van der Waals surface area contributed by atoms with E-state index in [1.807, 2.05) is 0 Å². The molecule has 2 amide bonds. The lowest BCUT2D eigenvalue weighted by atomic mass is 10.2. The lowest BCUT2D eigenvalue weighted by Gasteiger charge is -2.26. The van der Waals surface area contributed by atoms with Gasteiger partial charge in [0.25, 0.3) is 11.8 Å². The van der Waals surface area contributed by atoms with Crippen molar-refractivity contribution < 1.29 is 18.8 Å². The zero-order valence-electron chi connectivity index (χ0n) is 13.6. The van der Waals surface area contributed by atoms with E-state index in [1.165, 1.54) is 0 Å². The molecule has 128 valence electrons. The smallest absolute Gasteiger partial charge is 0.276 e. The Bertz CT molecular complexity index is 751. The summed E-state index contributed by atoms with van der Waals surface area (Å²) in [6, 6.07) is 3.32. The average Bonchev–Trinajstić information content (AvgIpc) is 3.19. The number of carbonyl (C=O) groups excluding carboxylic acids is 2. The van der Waals surface area contributed by atoms with Crippen LogP contribution in [-0.4, -0.2) is 58.5 Å². The Labute approximate surface area is 138 Å². The van der Waals surface area contributed by atoms with Gasteiger partial charge in [-0.15, -0.1) is 0 Å². The van der Waals surface area contributed by atoms with Crippen LogP contribution >= 0.6 is 0 Å². The Morgan fingerprint density at radius 3 is 2.88 bits per heavy atom. The normalized spacial score (nSPS) is 13.7. The maximum Gasteiger partial charge on any atom is 0.276 e. The first-order chi connectivity index (χ1) is 11.6. The van der Waals surface area contributed by atoms with Crippen molar-refractivity contribution in [2.45, 2.75) is 20.0 Å². The summed E-state index contributed by atoms with van der Waals surface area (Å²) in [7, 11) is 1.57. The second-order valence-electron chi connectivity index (χ2n) is 5.54. The second kappa shape index (κ2) is 6.83. The number of rotatable bonds is 5. The molecular weight excluding hydrogens is 314 g/mol. The topological polar surface area (TPSA) is 102 Å². The van der Waals surface area contributed by atoms with Crippen molar-refractivity contribution in [1.82, 2.24) is 25.2 Å². The van der Waals surface area contributed by atoms with E-state index in [4.69, 9.17) is 9.26 Å². The van der Waals surface area contributed by atoms with E-state index in [2.05, 4.69) is 15.6 Å². The number of hydrogen-bond donors (Lipinski definition) is 1. The van der Waals surface area contributed by atoms with Crippen LogP contribution in [0.3, 0.4) is 0 Å². The summed E-state index contributed by atoms with van der Waals surface area (Å²) in [5.41, 5.74) is 1.44. The van der Waals surface area contributed by atoms with E-state index in [1.54, 1.807) is 35.7 Å². The Hall–Kier alpha value is -2.68. The monoisotopic (exact) mass is 333 g/mol. The predicted molar refractivity (Wildman–Crippen MR) is 82.4 cm³/mol. The maximum absolute atomic E-state index is 12.4. The van der Waals surface area contributed by atoms with Crippen LogP contribution in [-0.2, 0) is 17.8 Å². The summed E-state index contributed by atoms with van der Waals surface area (Å²) in [6.45, 7) is 4.02. The molecule has 0 unspecified atom stereocenters. The highest BCUT2D eigenvalue weighted by molar-refractivity contribution is 5.93. The molecule has 1 aliphatic heterocycles. The van der Waals surface area contributed by atoms with Crippen LogP contribution in [0.5, 0.6) is 0 Å². The van der Waals surface area contributed by atoms with E-state index < -0.39 is 0 Å². The van der Waals surface area contributed by atoms with E-state index in [9.17, 15) is 9.59 Å². The average molecular weight is 333 g/mol. The molecule has 0 saturated heterocycles. The number of amides is 2. The van der Waals surface area contributed by atoms with Gasteiger partial charge in [0.1, 0.15) is 5.76 Å². The molecule has 3 heterocycles. The van der Waals surface area contributed by atoms with Gasteiger partial charge >= 0.3 is 0 Å². The molecule has 0 aliphatic carbocycles. The van der Waals surface area contributed by atoms with Crippen molar-refractivity contribution in [2.75, 3.05) is 26.8 Å². The molecule has 9 nitrogen and oxygen atoms in total. The summed E-state index contributed by atoms with van der Waals surface area (Å²) >= 11 is 0. The number of carbonyl (C=O) groups is 2. The SMILES string of the molecule is COCCNC(=O)c1cc2n(n1)CCN(C(=O)c1cc(C)on1)C2. The first-order valence-corrected chi connectivity index (χ1v) is 7.65. The maximum atomic E-state index is 12.4. The van der Waals surface area contributed by atoms with Gasteiger partial charge in [-0.2, -0.15) is 5.10 Å². The fraction of sp³-hybridized carbons (Fsp3) is 0.467. The largest absolute Gasteiger partial charge is 0.383 e. The molecule has 0 atom stereocenters. The van der Waals surface area contributed by atoms with Crippen LogP contribution < -0.4 is 5.32 Å². The Balaban J connectivity index is 1.67. The van der Waals surface area contributed by atoms with Crippen molar-refractivity contribution in [2.24, 2.45) is 0 Å². The van der Waals surface area contributed by atoms with Crippen LogP contribution in [0.15, 0.2) is 16.7 Å². The number of aromatic nitrogens is 3. The molecule has 0 spiro atoms. The molecule has 0 radical (unpaired) electrons. The number of methoxy groups -OCH3 is 1. The van der Waals surface area contributed by atoms with Gasteiger partial charge in [0.05, 0.1) is 25.4 Å². The highest BCUT2D eigenvalue weighted by atomic mass is 16.5. The first kappa shape index (κ1) is 16.2. The fourth-order valence-electron chi connectivity index (χ4n) is 2.54. The lowest BCUT2D eigenvalue weighted by Crippen LogP contribution is -2.38. The molecule has 2 aromatic heterocycles. The number of aryl methyl sites for hydroxylation is 1. The Kier molecular flexibility index (Phi) is 4.61. The zero-order valence-corrected chi connectivity index (χ0v) is 13.6. The van der Waals surface area contributed by atoms with Gasteiger partial charge < -0.3 is 19.5 Å².